The number of hydrogen-bond acceptors (Lipinski definition) is 4. The van der Waals surface area contributed by atoms with Gasteiger partial charge < -0.3 is 20.4 Å². The number of amides is 2. The van der Waals surface area contributed by atoms with Gasteiger partial charge in [0.25, 0.3) is 11.8 Å². The molecule has 2 aromatic carbocycles. The van der Waals surface area contributed by atoms with Crippen LogP contribution in [0.1, 0.15) is 49.8 Å². The Bertz CT molecular complexity index is 808. The number of aliphatic hydroxyl groups excluding tert-OH is 2. The van der Waals surface area contributed by atoms with Crippen molar-refractivity contribution in [3.05, 3.63) is 71.3 Å². The Kier molecular flexibility index (Phi) is 10.2. The number of unbranched alkanes of at least 4 members (excludes halogenated alkanes) is 1. The maximum Gasteiger partial charge on any atom is 0.254 e. The van der Waals surface area contributed by atoms with Gasteiger partial charge in [0.05, 0.1) is 0 Å². The second-order valence-corrected chi connectivity index (χ2v) is 7.77. The first kappa shape index (κ1) is 24.6. The summed E-state index contributed by atoms with van der Waals surface area (Å²) in [6, 6.07) is 17.3. The van der Waals surface area contributed by atoms with Crippen molar-refractivity contribution in [3.8, 4) is 0 Å². The van der Waals surface area contributed by atoms with E-state index in [1.165, 1.54) is 10.5 Å². The number of aliphatic hydroxyl groups is 2. The average Bonchev–Trinajstić information content (AvgIpc) is 2.80. The van der Waals surface area contributed by atoms with Gasteiger partial charge >= 0.3 is 0 Å². The van der Waals surface area contributed by atoms with Crippen molar-refractivity contribution >= 4 is 11.8 Å². The Morgan fingerprint density at radius 2 is 1.52 bits per heavy atom. The standard InChI is InChI=1S/C25H34N2O4/c1-3-5-9-19-12-14-20(15-13-19)17-26-24(30)22(28)23(29)25(31)27(16-4-2)18-21-10-7-6-8-11-21/h6-8,10-15,22-23,28-29H,3-5,9,16-18H2,1-2H3,(H,26,30). The summed E-state index contributed by atoms with van der Waals surface area (Å²) in [5, 5.41) is 23.2. The molecule has 2 atom stereocenters. The third-order valence-corrected chi connectivity index (χ3v) is 5.15. The van der Waals surface area contributed by atoms with E-state index in [2.05, 4.69) is 12.2 Å². The molecule has 0 radical (unpaired) electrons. The van der Waals surface area contributed by atoms with Crippen molar-refractivity contribution in [2.45, 2.75) is 64.8 Å². The van der Waals surface area contributed by atoms with Gasteiger partial charge in [0.15, 0.2) is 12.2 Å². The van der Waals surface area contributed by atoms with Crippen LogP contribution in [0.25, 0.3) is 0 Å². The zero-order valence-electron chi connectivity index (χ0n) is 18.5. The minimum atomic E-state index is -1.83. The molecule has 2 aromatic rings. The van der Waals surface area contributed by atoms with E-state index in [1.54, 1.807) is 0 Å². The van der Waals surface area contributed by atoms with Gasteiger partial charge in [-0.1, -0.05) is 74.9 Å². The Morgan fingerprint density at radius 3 is 2.13 bits per heavy atom. The van der Waals surface area contributed by atoms with Crippen LogP contribution in [0.2, 0.25) is 0 Å². The van der Waals surface area contributed by atoms with Crippen LogP contribution in [-0.4, -0.2) is 45.7 Å². The lowest BCUT2D eigenvalue weighted by molar-refractivity contribution is -0.153. The fourth-order valence-corrected chi connectivity index (χ4v) is 3.30. The third-order valence-electron chi connectivity index (χ3n) is 5.15. The predicted octanol–water partition coefficient (Wildman–Crippen LogP) is 2.81. The monoisotopic (exact) mass is 426 g/mol. The van der Waals surface area contributed by atoms with Crippen molar-refractivity contribution in [3.63, 3.8) is 0 Å². The molecule has 0 aliphatic rings. The number of rotatable bonds is 12. The quantitative estimate of drug-likeness (QED) is 0.487. The van der Waals surface area contributed by atoms with Crippen LogP contribution in [0.3, 0.4) is 0 Å². The molecule has 0 saturated carbocycles. The third kappa shape index (κ3) is 7.81. The lowest BCUT2D eigenvalue weighted by Gasteiger charge is -2.26. The molecule has 2 unspecified atom stereocenters. The first-order valence-electron chi connectivity index (χ1n) is 11.0. The van der Waals surface area contributed by atoms with Gasteiger partial charge in [-0.2, -0.15) is 0 Å². The molecule has 31 heavy (non-hydrogen) atoms. The number of carbonyl (C=O) groups excluding carboxylic acids is 2. The molecule has 0 aliphatic carbocycles. The van der Waals surface area contributed by atoms with Crippen molar-refractivity contribution in [2.24, 2.45) is 0 Å². The molecule has 2 amide bonds. The van der Waals surface area contributed by atoms with E-state index < -0.39 is 24.0 Å². The van der Waals surface area contributed by atoms with Crippen LogP contribution in [0.4, 0.5) is 0 Å². The smallest absolute Gasteiger partial charge is 0.254 e. The highest BCUT2D eigenvalue weighted by atomic mass is 16.3. The number of nitrogens with one attached hydrogen (secondary N) is 1. The summed E-state index contributed by atoms with van der Waals surface area (Å²) in [7, 11) is 0. The summed E-state index contributed by atoms with van der Waals surface area (Å²) in [6.07, 6.45) is 0.346. The van der Waals surface area contributed by atoms with Crippen LogP contribution in [0.15, 0.2) is 54.6 Å². The Labute approximate surface area is 184 Å². The highest BCUT2D eigenvalue weighted by Gasteiger charge is 2.33. The molecular formula is C25H34N2O4. The minimum Gasteiger partial charge on any atom is -0.380 e. The van der Waals surface area contributed by atoms with E-state index in [9.17, 15) is 19.8 Å². The topological polar surface area (TPSA) is 89.9 Å². The molecule has 6 nitrogen and oxygen atoms in total. The van der Waals surface area contributed by atoms with Gasteiger partial charge in [0.2, 0.25) is 0 Å². The largest absolute Gasteiger partial charge is 0.380 e. The lowest BCUT2D eigenvalue weighted by atomic mass is 10.1. The van der Waals surface area contributed by atoms with E-state index in [-0.39, 0.29) is 6.54 Å². The fraction of sp³-hybridized carbons (Fsp3) is 0.440. The Balaban J connectivity index is 1.91. The van der Waals surface area contributed by atoms with Crippen LogP contribution in [0, 0.1) is 0 Å². The first-order chi connectivity index (χ1) is 15.0. The van der Waals surface area contributed by atoms with Crippen LogP contribution >= 0.6 is 0 Å². The summed E-state index contributed by atoms with van der Waals surface area (Å²) in [4.78, 5) is 26.5. The number of hydrogen-bond donors (Lipinski definition) is 3. The zero-order valence-corrected chi connectivity index (χ0v) is 18.5. The average molecular weight is 427 g/mol. The second kappa shape index (κ2) is 12.9. The molecule has 0 heterocycles. The van der Waals surface area contributed by atoms with Crippen molar-refractivity contribution < 1.29 is 19.8 Å². The van der Waals surface area contributed by atoms with Crippen LogP contribution in [-0.2, 0) is 29.1 Å². The van der Waals surface area contributed by atoms with E-state index in [4.69, 9.17) is 0 Å². The lowest BCUT2D eigenvalue weighted by Crippen LogP contribution is -2.50. The highest BCUT2D eigenvalue weighted by Crippen LogP contribution is 2.10. The number of nitrogens with zero attached hydrogens (tertiary/aromatic N) is 1. The summed E-state index contributed by atoms with van der Waals surface area (Å²) in [5.74, 6) is -1.43. The summed E-state index contributed by atoms with van der Waals surface area (Å²) in [5.41, 5.74) is 3.04. The van der Waals surface area contributed by atoms with Crippen molar-refractivity contribution in [2.75, 3.05) is 6.54 Å². The second-order valence-electron chi connectivity index (χ2n) is 7.77. The van der Waals surface area contributed by atoms with Gasteiger partial charge in [-0.25, -0.2) is 0 Å². The summed E-state index contributed by atoms with van der Waals surface area (Å²) >= 11 is 0. The van der Waals surface area contributed by atoms with E-state index >= 15 is 0 Å². The van der Waals surface area contributed by atoms with E-state index in [1.807, 2.05) is 61.5 Å². The SMILES string of the molecule is CCCCc1ccc(CNC(=O)C(O)C(O)C(=O)N(CCC)Cc2ccccc2)cc1. The van der Waals surface area contributed by atoms with Gasteiger partial charge in [0.1, 0.15) is 0 Å². The van der Waals surface area contributed by atoms with E-state index in [0.717, 1.165) is 30.4 Å². The van der Waals surface area contributed by atoms with Gasteiger partial charge in [-0.3, -0.25) is 9.59 Å². The summed E-state index contributed by atoms with van der Waals surface area (Å²) < 4.78 is 0. The molecule has 6 heteroatoms. The molecule has 0 aromatic heterocycles. The number of benzene rings is 2. The summed E-state index contributed by atoms with van der Waals surface area (Å²) in [6.45, 7) is 5.02. The van der Waals surface area contributed by atoms with Crippen LogP contribution in [0.5, 0.6) is 0 Å². The number of carbonyl (C=O) groups is 2. The van der Waals surface area contributed by atoms with Gasteiger partial charge in [-0.15, -0.1) is 0 Å². The molecule has 3 N–H and O–H groups in total. The maximum atomic E-state index is 12.7. The molecular weight excluding hydrogens is 392 g/mol. The number of aryl methyl sites for hydroxylation is 1. The molecule has 0 saturated heterocycles. The van der Waals surface area contributed by atoms with Crippen molar-refractivity contribution in [1.82, 2.24) is 10.2 Å². The normalized spacial score (nSPS) is 12.8. The minimum absolute atomic E-state index is 0.216. The Hall–Kier alpha value is -2.70. The zero-order chi connectivity index (χ0) is 22.6. The van der Waals surface area contributed by atoms with Crippen LogP contribution < -0.4 is 5.32 Å². The van der Waals surface area contributed by atoms with Crippen molar-refractivity contribution in [1.29, 1.82) is 0 Å². The molecule has 0 spiro atoms. The predicted molar refractivity (Wildman–Crippen MR) is 121 cm³/mol. The van der Waals surface area contributed by atoms with Gasteiger partial charge in [-0.05, 0) is 36.0 Å². The fourth-order valence-electron chi connectivity index (χ4n) is 3.30. The molecule has 2 rings (SSSR count). The highest BCUT2D eigenvalue weighted by molar-refractivity contribution is 5.90. The molecule has 0 bridgehead atoms. The molecule has 0 aliphatic heterocycles. The van der Waals surface area contributed by atoms with Gasteiger partial charge in [0, 0.05) is 19.6 Å². The van der Waals surface area contributed by atoms with E-state index in [0.29, 0.717) is 19.5 Å². The first-order valence-corrected chi connectivity index (χ1v) is 11.0. The molecule has 168 valence electrons. The maximum absolute atomic E-state index is 12.7. The Morgan fingerprint density at radius 1 is 0.871 bits per heavy atom. The molecule has 0 fully saturated rings.